The lowest BCUT2D eigenvalue weighted by Gasteiger charge is -2.16. The van der Waals surface area contributed by atoms with Gasteiger partial charge in [0.05, 0.1) is 21.3 Å². The minimum absolute atomic E-state index is 0.0617. The van der Waals surface area contributed by atoms with Gasteiger partial charge in [-0.2, -0.15) is 0 Å². The van der Waals surface area contributed by atoms with Gasteiger partial charge in [-0.1, -0.05) is 11.6 Å². The van der Waals surface area contributed by atoms with E-state index < -0.39 is 0 Å². The molecule has 1 aromatic carbocycles. The molecule has 0 spiro atoms. The summed E-state index contributed by atoms with van der Waals surface area (Å²) in [6.07, 6.45) is 0.874. The van der Waals surface area contributed by atoms with Gasteiger partial charge in [-0.3, -0.25) is 9.59 Å². The Morgan fingerprint density at radius 2 is 2.04 bits per heavy atom. The summed E-state index contributed by atoms with van der Waals surface area (Å²) in [5.41, 5.74) is 0.955. The zero-order chi connectivity index (χ0) is 17.2. The van der Waals surface area contributed by atoms with E-state index in [1.807, 2.05) is 19.2 Å². The molecule has 0 bridgehead atoms. The molecule has 0 aromatic heterocycles. The molecule has 23 heavy (non-hydrogen) atoms. The Bertz CT molecular complexity index is 537. The van der Waals surface area contributed by atoms with Crippen molar-refractivity contribution in [1.82, 2.24) is 5.32 Å². The van der Waals surface area contributed by atoms with Crippen LogP contribution in [0.5, 0.6) is 5.75 Å². The van der Waals surface area contributed by atoms with E-state index in [0.29, 0.717) is 37.5 Å². The number of quaternary nitrogens is 1. The molecular weight excluding hydrogens is 320 g/mol. The molecule has 1 aromatic rings. The highest BCUT2D eigenvalue weighted by atomic mass is 35.5. The van der Waals surface area contributed by atoms with Gasteiger partial charge in [-0.05, 0) is 24.6 Å². The van der Waals surface area contributed by atoms with E-state index in [9.17, 15) is 9.59 Å². The molecule has 0 aliphatic carbocycles. The van der Waals surface area contributed by atoms with Crippen LogP contribution in [0.2, 0.25) is 5.02 Å². The quantitative estimate of drug-likeness (QED) is 0.504. The zero-order valence-electron chi connectivity index (χ0n) is 13.8. The Balaban J connectivity index is 2.38. The van der Waals surface area contributed by atoms with Gasteiger partial charge in [-0.15, -0.1) is 0 Å². The van der Waals surface area contributed by atoms with Crippen LogP contribution in [-0.4, -0.2) is 46.2 Å². The molecule has 128 valence electrons. The Morgan fingerprint density at radius 1 is 1.30 bits per heavy atom. The number of amides is 1. The highest BCUT2D eigenvalue weighted by Crippen LogP contribution is 2.21. The second-order valence-corrected chi connectivity index (χ2v) is 5.73. The third-order valence-electron chi connectivity index (χ3n) is 3.30. The number of carbonyl (C=O) groups is 2. The van der Waals surface area contributed by atoms with Gasteiger partial charge in [0.1, 0.15) is 12.3 Å². The zero-order valence-corrected chi connectivity index (χ0v) is 14.5. The number of esters is 1. The van der Waals surface area contributed by atoms with Crippen LogP contribution in [0, 0.1) is 0 Å². The Morgan fingerprint density at radius 3 is 2.70 bits per heavy atom. The van der Waals surface area contributed by atoms with Crippen molar-refractivity contribution in [3.8, 4) is 5.75 Å². The van der Waals surface area contributed by atoms with Gasteiger partial charge in [0, 0.05) is 23.6 Å². The first-order valence-corrected chi connectivity index (χ1v) is 7.81. The van der Waals surface area contributed by atoms with Crippen molar-refractivity contribution in [2.45, 2.75) is 19.4 Å². The van der Waals surface area contributed by atoms with Gasteiger partial charge < -0.3 is 19.7 Å². The Hall–Kier alpha value is -1.79. The second kappa shape index (κ2) is 10.1. The van der Waals surface area contributed by atoms with E-state index in [2.05, 4.69) is 10.1 Å². The monoisotopic (exact) mass is 343 g/mol. The molecule has 1 rings (SSSR count). The molecule has 6 nitrogen and oxygen atoms in total. The van der Waals surface area contributed by atoms with E-state index in [0.717, 1.165) is 16.2 Å². The molecule has 0 radical (unpaired) electrons. The number of benzene rings is 1. The lowest BCUT2D eigenvalue weighted by molar-refractivity contribution is -0.885. The Kier molecular flexibility index (Phi) is 8.43. The van der Waals surface area contributed by atoms with Crippen LogP contribution >= 0.6 is 11.6 Å². The van der Waals surface area contributed by atoms with Crippen LogP contribution in [0.4, 0.5) is 0 Å². The number of methoxy groups -OCH3 is 2. The second-order valence-electron chi connectivity index (χ2n) is 5.30. The predicted octanol–water partition coefficient (Wildman–Crippen LogP) is 0.433. The van der Waals surface area contributed by atoms with E-state index in [-0.39, 0.29) is 11.9 Å². The smallest absolute Gasteiger partial charge is 0.305 e. The van der Waals surface area contributed by atoms with Crippen molar-refractivity contribution in [1.29, 1.82) is 0 Å². The molecule has 0 saturated heterocycles. The molecule has 1 atom stereocenters. The molecule has 0 aliphatic heterocycles. The minimum Gasteiger partial charge on any atom is -0.496 e. The molecule has 1 unspecified atom stereocenters. The fourth-order valence-electron chi connectivity index (χ4n) is 2.17. The van der Waals surface area contributed by atoms with Crippen LogP contribution in [0.1, 0.15) is 18.4 Å². The maximum atomic E-state index is 11.9. The van der Waals surface area contributed by atoms with Crippen LogP contribution in [-0.2, 0) is 20.9 Å². The van der Waals surface area contributed by atoms with Gasteiger partial charge in [0.25, 0.3) is 5.91 Å². The van der Waals surface area contributed by atoms with E-state index in [1.54, 1.807) is 13.2 Å². The first kappa shape index (κ1) is 19.3. The third-order valence-corrected chi connectivity index (χ3v) is 3.54. The summed E-state index contributed by atoms with van der Waals surface area (Å²) in [6.45, 7) is 1.41. The van der Waals surface area contributed by atoms with Crippen molar-refractivity contribution >= 4 is 23.5 Å². The van der Waals surface area contributed by atoms with Gasteiger partial charge in [-0.25, -0.2) is 0 Å². The lowest BCUT2D eigenvalue weighted by Crippen LogP contribution is -3.08. The highest BCUT2D eigenvalue weighted by molar-refractivity contribution is 6.30. The number of carbonyl (C=O) groups excluding carboxylic acids is 2. The highest BCUT2D eigenvalue weighted by Gasteiger charge is 2.13. The molecule has 1 amide bonds. The summed E-state index contributed by atoms with van der Waals surface area (Å²) in [5.74, 6) is 0.427. The fraction of sp³-hybridized carbons (Fsp3) is 0.500. The van der Waals surface area contributed by atoms with Crippen LogP contribution in [0.25, 0.3) is 0 Å². The summed E-state index contributed by atoms with van der Waals surface area (Å²) in [7, 11) is 4.88. The number of ether oxygens (including phenoxy) is 2. The summed E-state index contributed by atoms with van der Waals surface area (Å²) < 4.78 is 9.84. The Labute approximate surface area is 141 Å². The number of rotatable bonds is 9. The summed E-state index contributed by atoms with van der Waals surface area (Å²) in [4.78, 5) is 23.8. The molecule has 0 fully saturated rings. The van der Waals surface area contributed by atoms with Crippen molar-refractivity contribution in [3.05, 3.63) is 28.8 Å². The van der Waals surface area contributed by atoms with Crippen molar-refractivity contribution in [2.24, 2.45) is 0 Å². The molecule has 2 N–H and O–H groups in total. The van der Waals surface area contributed by atoms with Gasteiger partial charge in [0.15, 0.2) is 6.54 Å². The predicted molar refractivity (Wildman–Crippen MR) is 87.7 cm³/mol. The van der Waals surface area contributed by atoms with Gasteiger partial charge in [0.2, 0.25) is 0 Å². The summed E-state index contributed by atoms with van der Waals surface area (Å²) in [6, 6.07) is 5.43. The molecule has 0 saturated carbocycles. The largest absolute Gasteiger partial charge is 0.496 e. The topological polar surface area (TPSA) is 69.1 Å². The number of hydrogen-bond donors (Lipinski definition) is 2. The maximum absolute atomic E-state index is 11.9. The van der Waals surface area contributed by atoms with E-state index in [1.165, 1.54) is 7.11 Å². The van der Waals surface area contributed by atoms with Crippen LogP contribution in [0.3, 0.4) is 0 Å². The first-order chi connectivity index (χ1) is 11.0. The van der Waals surface area contributed by atoms with Crippen LogP contribution < -0.4 is 15.0 Å². The average Bonchev–Trinajstić information content (AvgIpc) is 2.51. The lowest BCUT2D eigenvalue weighted by atomic mass is 10.2. The SMILES string of the molecule is COC(=O)CCCNC(=O)C[NH+](C)Cc1cc(Cl)ccc1OC. The number of hydrogen-bond acceptors (Lipinski definition) is 4. The number of halogens is 1. The standard InChI is InChI=1S/C16H23ClN2O4/c1-19(10-12-9-13(17)6-7-14(12)22-2)11-15(20)18-8-4-5-16(21)23-3/h6-7,9H,4-5,8,10-11H2,1-3H3,(H,18,20)/p+1. The molecule has 7 heteroatoms. The van der Waals surface area contributed by atoms with Gasteiger partial charge >= 0.3 is 5.97 Å². The average molecular weight is 344 g/mol. The normalized spacial score (nSPS) is 11.7. The molecule has 0 aliphatic rings. The van der Waals surface area contributed by atoms with Crippen molar-refractivity contribution in [3.63, 3.8) is 0 Å². The summed E-state index contributed by atoms with van der Waals surface area (Å²) in [5, 5.41) is 3.43. The minimum atomic E-state index is -0.268. The molecule has 0 heterocycles. The van der Waals surface area contributed by atoms with Crippen molar-refractivity contribution in [2.75, 3.05) is 34.4 Å². The van der Waals surface area contributed by atoms with Crippen LogP contribution in [0.15, 0.2) is 18.2 Å². The fourth-order valence-corrected chi connectivity index (χ4v) is 2.37. The van der Waals surface area contributed by atoms with E-state index in [4.69, 9.17) is 16.3 Å². The third kappa shape index (κ3) is 7.34. The summed E-state index contributed by atoms with van der Waals surface area (Å²) >= 11 is 6.00. The molecular formula is C16H24ClN2O4+. The van der Waals surface area contributed by atoms with E-state index >= 15 is 0 Å². The maximum Gasteiger partial charge on any atom is 0.305 e. The first-order valence-electron chi connectivity index (χ1n) is 7.43. The number of likely N-dealkylation sites (N-methyl/N-ethyl adjacent to an activating group) is 1. The number of nitrogens with one attached hydrogen (secondary N) is 2. The van der Waals surface area contributed by atoms with Crippen molar-refractivity contribution < 1.29 is 24.0 Å².